The van der Waals surface area contributed by atoms with Crippen molar-refractivity contribution in [3.05, 3.63) is 35.4 Å². The summed E-state index contributed by atoms with van der Waals surface area (Å²) in [7, 11) is 1.85. The second kappa shape index (κ2) is 5.26. The number of halogens is 2. The van der Waals surface area contributed by atoms with E-state index in [2.05, 4.69) is 15.5 Å². The second-order valence-corrected chi connectivity index (χ2v) is 4.05. The quantitative estimate of drug-likeness (QED) is 0.883. The maximum atomic E-state index is 12.5. The molecule has 2 rings (SSSR count). The lowest BCUT2D eigenvalue weighted by molar-refractivity contribution is 0.0531. The van der Waals surface area contributed by atoms with E-state index in [4.69, 9.17) is 0 Å². The van der Waals surface area contributed by atoms with Crippen molar-refractivity contribution < 1.29 is 8.78 Å². The molecule has 0 aliphatic rings. The van der Waals surface area contributed by atoms with Gasteiger partial charge in [-0.25, -0.2) is 4.68 Å². The molecule has 0 aromatic carbocycles. The minimum Gasteiger partial charge on any atom is -0.306 e. The van der Waals surface area contributed by atoms with E-state index in [0.29, 0.717) is 23.5 Å². The molecule has 0 radical (unpaired) electrons. The highest BCUT2D eigenvalue weighted by atomic mass is 19.3. The molecule has 0 spiro atoms. The molecule has 2 heterocycles. The van der Waals surface area contributed by atoms with Crippen molar-refractivity contribution in [1.29, 1.82) is 0 Å². The van der Waals surface area contributed by atoms with E-state index >= 15 is 0 Å². The number of alkyl halides is 2. The average Bonchev–Trinajstić information content (AvgIpc) is 2.86. The zero-order valence-corrected chi connectivity index (χ0v) is 10.3. The third-order valence-corrected chi connectivity index (χ3v) is 2.65. The summed E-state index contributed by atoms with van der Waals surface area (Å²) < 4.78 is 27.6. The first-order chi connectivity index (χ1) is 8.58. The van der Waals surface area contributed by atoms with Crippen molar-refractivity contribution in [3.8, 4) is 0 Å². The van der Waals surface area contributed by atoms with Gasteiger partial charge in [-0.15, -0.1) is 0 Å². The number of nitrogens with zero attached hydrogens (tertiary/aromatic N) is 4. The largest absolute Gasteiger partial charge is 0.333 e. The van der Waals surface area contributed by atoms with Crippen molar-refractivity contribution in [2.24, 2.45) is 7.05 Å². The van der Waals surface area contributed by atoms with Gasteiger partial charge in [-0.1, -0.05) is 0 Å². The van der Waals surface area contributed by atoms with Gasteiger partial charge in [0, 0.05) is 26.3 Å². The fourth-order valence-corrected chi connectivity index (χ4v) is 1.81. The molecule has 2 aromatic rings. The summed E-state index contributed by atoms with van der Waals surface area (Å²) in [5.41, 5.74) is 2.41. The number of nitrogens with one attached hydrogen (secondary N) is 1. The first kappa shape index (κ1) is 12.7. The van der Waals surface area contributed by atoms with Crippen LogP contribution in [0.1, 0.15) is 23.6 Å². The van der Waals surface area contributed by atoms with Crippen molar-refractivity contribution >= 4 is 0 Å². The molecule has 18 heavy (non-hydrogen) atoms. The summed E-state index contributed by atoms with van der Waals surface area (Å²) in [5.74, 6) is 0. The fraction of sp³-hybridized carbons (Fsp3) is 0.455. The summed E-state index contributed by atoms with van der Waals surface area (Å²) in [6.45, 7) is 0.228. The number of hydrogen-bond donors (Lipinski definition) is 1. The molecule has 0 aliphatic carbocycles. The van der Waals surface area contributed by atoms with Crippen molar-refractivity contribution in [1.82, 2.24) is 24.9 Å². The van der Waals surface area contributed by atoms with Crippen LogP contribution in [-0.4, -0.2) is 19.6 Å². The van der Waals surface area contributed by atoms with Crippen LogP contribution >= 0.6 is 0 Å². The SMILES string of the molecule is Cc1cc(CNCc2ccnn2C(F)F)n(C)n1. The predicted molar refractivity (Wildman–Crippen MR) is 62.0 cm³/mol. The van der Waals surface area contributed by atoms with E-state index in [0.717, 1.165) is 11.4 Å². The Kier molecular flexibility index (Phi) is 3.71. The van der Waals surface area contributed by atoms with Crippen LogP contribution in [0.4, 0.5) is 8.78 Å². The van der Waals surface area contributed by atoms with Crippen LogP contribution in [0.2, 0.25) is 0 Å². The average molecular weight is 255 g/mol. The Hall–Kier alpha value is -1.76. The third kappa shape index (κ3) is 2.73. The Morgan fingerprint density at radius 2 is 2.06 bits per heavy atom. The van der Waals surface area contributed by atoms with Crippen LogP contribution in [0.5, 0.6) is 0 Å². The molecule has 0 saturated carbocycles. The smallest absolute Gasteiger partial charge is 0.306 e. The van der Waals surface area contributed by atoms with Crippen molar-refractivity contribution in [2.75, 3.05) is 0 Å². The third-order valence-electron chi connectivity index (χ3n) is 2.65. The van der Waals surface area contributed by atoms with Crippen LogP contribution in [-0.2, 0) is 20.1 Å². The van der Waals surface area contributed by atoms with Crippen molar-refractivity contribution in [3.63, 3.8) is 0 Å². The van der Waals surface area contributed by atoms with Crippen LogP contribution in [0, 0.1) is 6.92 Å². The highest BCUT2D eigenvalue weighted by Crippen LogP contribution is 2.11. The minimum absolute atomic E-state index is 0.342. The van der Waals surface area contributed by atoms with Crippen LogP contribution in [0.25, 0.3) is 0 Å². The molecule has 2 aromatic heterocycles. The molecule has 0 bridgehead atoms. The predicted octanol–water partition coefficient (Wildman–Crippen LogP) is 1.61. The van der Waals surface area contributed by atoms with Gasteiger partial charge in [0.25, 0.3) is 0 Å². The number of rotatable bonds is 5. The van der Waals surface area contributed by atoms with Crippen LogP contribution < -0.4 is 5.32 Å². The Bertz CT molecular complexity index is 517. The summed E-state index contributed by atoms with van der Waals surface area (Å²) in [5, 5.41) is 10.9. The van der Waals surface area contributed by atoms with E-state index in [9.17, 15) is 8.78 Å². The van der Waals surface area contributed by atoms with Gasteiger partial charge in [-0.3, -0.25) is 4.68 Å². The molecule has 0 aliphatic heterocycles. The Labute approximate surface area is 103 Å². The molecule has 0 unspecified atom stereocenters. The zero-order chi connectivity index (χ0) is 13.1. The van der Waals surface area contributed by atoms with Gasteiger partial charge in [-0.05, 0) is 19.1 Å². The number of aryl methyl sites for hydroxylation is 2. The molecule has 98 valence electrons. The molecule has 5 nitrogen and oxygen atoms in total. The summed E-state index contributed by atoms with van der Waals surface area (Å²) >= 11 is 0. The lowest BCUT2D eigenvalue weighted by atomic mass is 10.3. The summed E-state index contributed by atoms with van der Waals surface area (Å²) in [4.78, 5) is 0. The van der Waals surface area contributed by atoms with Crippen LogP contribution in [0.3, 0.4) is 0 Å². The molecular formula is C11H15F2N5. The van der Waals surface area contributed by atoms with Gasteiger partial charge >= 0.3 is 6.55 Å². The molecule has 0 amide bonds. The molecular weight excluding hydrogens is 240 g/mol. The van der Waals surface area contributed by atoms with E-state index in [-0.39, 0.29) is 0 Å². The van der Waals surface area contributed by atoms with E-state index in [1.165, 1.54) is 6.20 Å². The van der Waals surface area contributed by atoms with Crippen molar-refractivity contribution in [2.45, 2.75) is 26.6 Å². The molecule has 7 heteroatoms. The maximum absolute atomic E-state index is 12.5. The zero-order valence-electron chi connectivity index (χ0n) is 10.3. The lowest BCUT2D eigenvalue weighted by Crippen LogP contribution is -2.18. The second-order valence-electron chi connectivity index (χ2n) is 4.05. The van der Waals surface area contributed by atoms with Gasteiger partial charge in [0.15, 0.2) is 0 Å². The van der Waals surface area contributed by atoms with Gasteiger partial charge in [0.05, 0.1) is 17.1 Å². The molecule has 1 N–H and O–H groups in total. The van der Waals surface area contributed by atoms with E-state index < -0.39 is 6.55 Å². The summed E-state index contributed by atoms with van der Waals surface area (Å²) in [6, 6.07) is 3.53. The highest BCUT2D eigenvalue weighted by molar-refractivity contribution is 5.08. The highest BCUT2D eigenvalue weighted by Gasteiger charge is 2.11. The van der Waals surface area contributed by atoms with Gasteiger partial charge in [0.2, 0.25) is 0 Å². The monoisotopic (exact) mass is 255 g/mol. The normalized spacial score (nSPS) is 11.4. The minimum atomic E-state index is -2.60. The first-order valence-corrected chi connectivity index (χ1v) is 5.58. The van der Waals surface area contributed by atoms with Gasteiger partial charge in [-0.2, -0.15) is 19.0 Å². The van der Waals surface area contributed by atoms with Crippen LogP contribution in [0.15, 0.2) is 18.3 Å². The summed E-state index contributed by atoms with van der Waals surface area (Å²) in [6.07, 6.45) is 1.37. The Morgan fingerprint density at radius 1 is 1.33 bits per heavy atom. The standard InChI is InChI=1S/C11H15F2N5/c1-8-5-10(17(2)16-8)7-14-6-9-3-4-15-18(9)11(12)13/h3-5,11,14H,6-7H2,1-2H3. The Morgan fingerprint density at radius 3 is 2.67 bits per heavy atom. The van der Waals surface area contributed by atoms with E-state index in [1.807, 2.05) is 20.0 Å². The molecule has 0 saturated heterocycles. The van der Waals surface area contributed by atoms with Gasteiger partial charge in [0.1, 0.15) is 0 Å². The number of aromatic nitrogens is 4. The van der Waals surface area contributed by atoms with Gasteiger partial charge < -0.3 is 5.32 Å². The Balaban J connectivity index is 1.92. The maximum Gasteiger partial charge on any atom is 0.333 e. The molecule has 0 atom stereocenters. The lowest BCUT2D eigenvalue weighted by Gasteiger charge is -2.07. The molecule has 0 fully saturated rings. The number of hydrogen-bond acceptors (Lipinski definition) is 3. The fourth-order valence-electron chi connectivity index (χ4n) is 1.81. The van der Waals surface area contributed by atoms with E-state index in [1.54, 1.807) is 10.7 Å². The topological polar surface area (TPSA) is 47.7 Å². The first-order valence-electron chi connectivity index (χ1n) is 5.58.